The molecular formula is C28H22FN5O3. The second-order valence-corrected chi connectivity index (χ2v) is 9.09. The summed E-state index contributed by atoms with van der Waals surface area (Å²) in [6.45, 7) is 0.721. The van der Waals surface area contributed by atoms with Gasteiger partial charge in [0.1, 0.15) is 11.6 Å². The molecule has 8 nitrogen and oxygen atoms in total. The lowest BCUT2D eigenvalue weighted by molar-refractivity contribution is 0.0924. The summed E-state index contributed by atoms with van der Waals surface area (Å²) in [6.07, 6.45) is 3.88. The number of amides is 3. The number of hydrogen-bond acceptors (Lipinski definition) is 5. The lowest BCUT2D eigenvalue weighted by atomic mass is 10.1. The van der Waals surface area contributed by atoms with Crippen molar-refractivity contribution in [3.8, 4) is 11.4 Å². The largest absolute Gasteiger partial charge is 0.322 e. The highest BCUT2D eigenvalue weighted by Gasteiger charge is 2.36. The number of aromatic nitrogens is 3. The molecule has 0 spiro atoms. The molecule has 0 atom stereocenters. The third kappa shape index (κ3) is 3.98. The number of nitrogens with one attached hydrogen (secondary N) is 1. The Bertz CT molecular complexity index is 1540. The van der Waals surface area contributed by atoms with Gasteiger partial charge in [-0.25, -0.2) is 9.29 Å². The lowest BCUT2D eigenvalue weighted by Crippen LogP contribution is -2.29. The molecular weight excluding hydrogens is 473 g/mol. The maximum atomic E-state index is 14.8. The van der Waals surface area contributed by atoms with Crippen molar-refractivity contribution >= 4 is 29.1 Å². The van der Waals surface area contributed by atoms with Crippen molar-refractivity contribution in [2.24, 2.45) is 0 Å². The molecule has 0 fully saturated rings. The van der Waals surface area contributed by atoms with Crippen LogP contribution in [0.1, 0.15) is 56.2 Å². The van der Waals surface area contributed by atoms with Crippen molar-refractivity contribution < 1.29 is 18.8 Å². The molecule has 6 rings (SSSR count). The van der Waals surface area contributed by atoms with Gasteiger partial charge in [0.05, 0.1) is 22.4 Å². The van der Waals surface area contributed by atoms with Crippen molar-refractivity contribution in [3.05, 3.63) is 95.1 Å². The van der Waals surface area contributed by atoms with E-state index in [1.165, 1.54) is 18.2 Å². The number of nitrogens with zero attached hydrogens (tertiary/aromatic N) is 4. The molecule has 0 saturated carbocycles. The van der Waals surface area contributed by atoms with Crippen LogP contribution < -0.4 is 10.2 Å². The summed E-state index contributed by atoms with van der Waals surface area (Å²) < 4.78 is 16.8. The first-order chi connectivity index (χ1) is 18.0. The molecule has 3 aromatic carbocycles. The van der Waals surface area contributed by atoms with E-state index in [4.69, 9.17) is 0 Å². The zero-order chi connectivity index (χ0) is 25.5. The monoisotopic (exact) mass is 495 g/mol. The number of benzene rings is 3. The SMILES string of the molecule is O=C(Nc1ccc(F)c(-c2nnc3n2CCCCC3)c1)c1cccc(N2C(=O)c3ccccc3C2=O)c1. The molecule has 9 heteroatoms. The smallest absolute Gasteiger partial charge is 0.266 e. The van der Waals surface area contributed by atoms with E-state index in [9.17, 15) is 18.8 Å². The van der Waals surface area contributed by atoms with Crippen LogP contribution in [-0.2, 0) is 13.0 Å². The number of aryl methyl sites for hydroxylation is 1. The van der Waals surface area contributed by atoms with Crippen molar-refractivity contribution in [3.63, 3.8) is 0 Å². The van der Waals surface area contributed by atoms with Crippen LogP contribution in [-0.4, -0.2) is 32.5 Å². The molecule has 2 aliphatic rings. The highest BCUT2D eigenvalue weighted by molar-refractivity contribution is 6.34. The number of anilines is 2. The minimum Gasteiger partial charge on any atom is -0.322 e. The van der Waals surface area contributed by atoms with E-state index >= 15 is 0 Å². The summed E-state index contributed by atoms with van der Waals surface area (Å²) in [7, 11) is 0. The van der Waals surface area contributed by atoms with Crippen molar-refractivity contribution in [2.75, 3.05) is 10.2 Å². The Kier molecular flexibility index (Phi) is 5.60. The van der Waals surface area contributed by atoms with Gasteiger partial charge in [-0.3, -0.25) is 14.4 Å². The van der Waals surface area contributed by atoms with Gasteiger partial charge >= 0.3 is 0 Å². The molecule has 2 aliphatic heterocycles. The van der Waals surface area contributed by atoms with E-state index in [0.29, 0.717) is 28.3 Å². The molecule has 3 amide bonds. The summed E-state index contributed by atoms with van der Waals surface area (Å²) in [4.78, 5) is 39.8. The number of carbonyl (C=O) groups is 3. The Balaban J connectivity index is 1.26. The molecule has 0 saturated heterocycles. The number of hydrogen-bond donors (Lipinski definition) is 1. The highest BCUT2D eigenvalue weighted by atomic mass is 19.1. The third-order valence-corrected chi connectivity index (χ3v) is 6.74. The average molecular weight is 496 g/mol. The Hall–Kier alpha value is -4.66. The summed E-state index contributed by atoms with van der Waals surface area (Å²) in [5, 5.41) is 11.3. The number of fused-ring (bicyclic) bond motifs is 2. The molecule has 4 aromatic rings. The van der Waals surface area contributed by atoms with Crippen LogP contribution in [0.25, 0.3) is 11.4 Å². The van der Waals surface area contributed by atoms with Gasteiger partial charge in [-0.05, 0) is 61.4 Å². The van der Waals surface area contributed by atoms with E-state index in [1.54, 1.807) is 48.5 Å². The second kappa shape index (κ2) is 9.09. The Morgan fingerprint density at radius 3 is 2.41 bits per heavy atom. The number of halogens is 1. The summed E-state index contributed by atoms with van der Waals surface area (Å²) >= 11 is 0. The van der Waals surface area contributed by atoms with Gasteiger partial charge in [-0.15, -0.1) is 10.2 Å². The summed E-state index contributed by atoms with van der Waals surface area (Å²) in [5.74, 6) is -0.506. The quantitative estimate of drug-likeness (QED) is 0.408. The minimum atomic E-state index is -0.462. The van der Waals surface area contributed by atoms with Crippen molar-refractivity contribution in [2.45, 2.75) is 32.2 Å². The van der Waals surface area contributed by atoms with Gasteiger partial charge < -0.3 is 9.88 Å². The third-order valence-electron chi connectivity index (χ3n) is 6.74. The fourth-order valence-corrected chi connectivity index (χ4v) is 4.87. The van der Waals surface area contributed by atoms with Crippen LogP contribution in [0, 0.1) is 5.82 Å². The van der Waals surface area contributed by atoms with E-state index in [-0.39, 0.29) is 11.1 Å². The minimum absolute atomic E-state index is 0.247. The van der Waals surface area contributed by atoms with Crippen molar-refractivity contribution in [1.29, 1.82) is 0 Å². The normalized spacial score (nSPS) is 14.8. The van der Waals surface area contributed by atoms with E-state index in [1.807, 2.05) is 4.57 Å². The van der Waals surface area contributed by atoms with Gasteiger partial charge in [-0.1, -0.05) is 24.6 Å². The van der Waals surface area contributed by atoms with Crippen LogP contribution in [0.5, 0.6) is 0 Å². The van der Waals surface area contributed by atoms with Crippen LogP contribution in [0.15, 0.2) is 66.7 Å². The predicted molar refractivity (Wildman–Crippen MR) is 135 cm³/mol. The zero-order valence-corrected chi connectivity index (χ0v) is 19.8. The lowest BCUT2D eigenvalue weighted by Gasteiger charge is -2.15. The number of rotatable bonds is 4. The average Bonchev–Trinajstić information content (AvgIpc) is 3.32. The standard InChI is InChI=1S/C28H22FN5O3/c29-23-13-12-18(16-22(23)25-32-31-24-11-2-1-5-14-33(24)25)30-26(35)17-7-6-8-19(15-17)34-27(36)20-9-3-4-10-21(20)28(34)37/h3-4,6-10,12-13,15-16H,1-2,5,11,14H2,(H,30,35). The van der Waals surface area contributed by atoms with E-state index in [2.05, 4.69) is 15.5 Å². The van der Waals surface area contributed by atoms with Gasteiger partial charge in [0, 0.05) is 24.2 Å². The Morgan fingerprint density at radius 2 is 1.62 bits per heavy atom. The summed E-state index contributed by atoms with van der Waals surface area (Å²) in [6, 6.07) is 17.2. The predicted octanol–water partition coefficient (Wildman–Crippen LogP) is 4.86. The fraction of sp³-hybridized carbons (Fsp3) is 0.179. The maximum Gasteiger partial charge on any atom is 0.266 e. The van der Waals surface area contributed by atoms with E-state index in [0.717, 1.165) is 43.0 Å². The first-order valence-corrected chi connectivity index (χ1v) is 12.1. The molecule has 0 bridgehead atoms. The molecule has 37 heavy (non-hydrogen) atoms. The van der Waals surface area contributed by atoms with Crippen LogP contribution in [0.3, 0.4) is 0 Å². The molecule has 184 valence electrons. The second-order valence-electron chi connectivity index (χ2n) is 9.09. The van der Waals surface area contributed by atoms with Gasteiger partial charge in [-0.2, -0.15) is 0 Å². The molecule has 3 heterocycles. The van der Waals surface area contributed by atoms with Gasteiger partial charge in [0.2, 0.25) is 0 Å². The van der Waals surface area contributed by atoms with Gasteiger partial charge in [0.15, 0.2) is 5.82 Å². The van der Waals surface area contributed by atoms with E-state index < -0.39 is 23.5 Å². The first-order valence-electron chi connectivity index (χ1n) is 12.1. The summed E-state index contributed by atoms with van der Waals surface area (Å²) in [5.41, 5.74) is 1.85. The van der Waals surface area contributed by atoms with Crippen LogP contribution >= 0.6 is 0 Å². The number of carbonyl (C=O) groups excluding carboxylic acids is 3. The van der Waals surface area contributed by atoms with Gasteiger partial charge in [0.25, 0.3) is 17.7 Å². The topological polar surface area (TPSA) is 97.2 Å². The zero-order valence-electron chi connectivity index (χ0n) is 19.8. The first kappa shape index (κ1) is 22.8. The van der Waals surface area contributed by atoms with Crippen LogP contribution in [0.4, 0.5) is 15.8 Å². The Morgan fingerprint density at radius 1 is 0.838 bits per heavy atom. The molecule has 0 aliphatic carbocycles. The fourth-order valence-electron chi connectivity index (χ4n) is 4.87. The molecule has 0 radical (unpaired) electrons. The molecule has 0 unspecified atom stereocenters. The molecule has 1 N–H and O–H groups in total. The Labute approximate surface area is 211 Å². The molecule has 1 aromatic heterocycles. The number of imide groups is 1. The maximum absolute atomic E-state index is 14.8. The van der Waals surface area contributed by atoms with Crippen LogP contribution in [0.2, 0.25) is 0 Å². The highest BCUT2D eigenvalue weighted by Crippen LogP contribution is 2.30. The van der Waals surface area contributed by atoms with Crippen molar-refractivity contribution in [1.82, 2.24) is 14.8 Å².